The number of para-hydroxylation sites is 2. The van der Waals surface area contributed by atoms with Crippen molar-refractivity contribution >= 4 is 75.9 Å². The lowest BCUT2D eigenvalue weighted by Crippen LogP contribution is -1.91. The molecular formula is C54H32O2S. The Hall–Kier alpha value is -7.20. The first-order chi connectivity index (χ1) is 28.3. The summed E-state index contributed by atoms with van der Waals surface area (Å²) in [5, 5.41) is 11.6. The van der Waals surface area contributed by atoms with Crippen molar-refractivity contribution in [2.75, 3.05) is 0 Å². The number of benzene rings is 9. The van der Waals surface area contributed by atoms with Crippen molar-refractivity contribution in [3.8, 4) is 55.8 Å². The molecule has 0 unspecified atom stereocenters. The second-order valence-electron chi connectivity index (χ2n) is 14.8. The van der Waals surface area contributed by atoms with Gasteiger partial charge in [-0.15, -0.1) is 11.3 Å². The van der Waals surface area contributed by atoms with E-state index >= 15 is 0 Å². The number of furan rings is 2. The Bertz CT molecular complexity index is 3450. The maximum absolute atomic E-state index is 6.77. The van der Waals surface area contributed by atoms with Gasteiger partial charge in [0.25, 0.3) is 0 Å². The number of thiophene rings is 1. The van der Waals surface area contributed by atoms with E-state index < -0.39 is 0 Å². The van der Waals surface area contributed by atoms with Crippen LogP contribution in [0.2, 0.25) is 0 Å². The van der Waals surface area contributed by atoms with Gasteiger partial charge in [-0.1, -0.05) is 152 Å². The second-order valence-corrected chi connectivity index (χ2v) is 15.7. The summed E-state index contributed by atoms with van der Waals surface area (Å²) in [7, 11) is 0. The van der Waals surface area contributed by atoms with Crippen molar-refractivity contribution in [2.24, 2.45) is 0 Å². The summed E-state index contributed by atoms with van der Waals surface area (Å²) in [6.45, 7) is 0. The minimum absolute atomic E-state index is 0.880. The molecule has 0 aliphatic carbocycles. The zero-order valence-corrected chi connectivity index (χ0v) is 31.5. The van der Waals surface area contributed by atoms with Gasteiger partial charge in [-0.25, -0.2) is 0 Å². The summed E-state index contributed by atoms with van der Waals surface area (Å²) in [5.74, 6) is 0.880. The fourth-order valence-electron chi connectivity index (χ4n) is 8.98. The van der Waals surface area contributed by atoms with Crippen molar-refractivity contribution in [3.05, 3.63) is 193 Å². The van der Waals surface area contributed by atoms with E-state index in [0.29, 0.717) is 0 Å². The van der Waals surface area contributed by atoms with Gasteiger partial charge in [-0.3, -0.25) is 0 Å². The van der Waals surface area contributed by atoms with Crippen LogP contribution in [0.4, 0.5) is 0 Å². The Kier molecular flexibility index (Phi) is 7.13. The van der Waals surface area contributed by atoms with Gasteiger partial charge in [0, 0.05) is 37.5 Å². The van der Waals surface area contributed by atoms with E-state index in [1.165, 1.54) is 53.9 Å². The van der Waals surface area contributed by atoms with Crippen LogP contribution < -0.4 is 0 Å². The highest BCUT2D eigenvalue weighted by Crippen LogP contribution is 2.47. The molecular weight excluding hydrogens is 713 g/mol. The summed E-state index contributed by atoms with van der Waals surface area (Å²) in [4.78, 5) is 0. The number of hydrogen-bond donors (Lipinski definition) is 0. The highest BCUT2D eigenvalue weighted by molar-refractivity contribution is 7.17. The average Bonchev–Trinajstić information content (AvgIpc) is 4.03. The molecule has 266 valence electrons. The second kappa shape index (κ2) is 12.7. The third kappa shape index (κ3) is 5.03. The first kappa shape index (κ1) is 32.1. The van der Waals surface area contributed by atoms with E-state index in [1.54, 1.807) is 11.3 Å². The number of hydrogen-bond acceptors (Lipinski definition) is 3. The van der Waals surface area contributed by atoms with Gasteiger partial charge in [0.05, 0.1) is 0 Å². The van der Waals surface area contributed by atoms with Gasteiger partial charge < -0.3 is 8.83 Å². The third-order valence-electron chi connectivity index (χ3n) is 11.6. The fourth-order valence-corrected chi connectivity index (χ4v) is 9.75. The normalized spacial score (nSPS) is 11.9. The highest BCUT2D eigenvalue weighted by atomic mass is 32.1. The van der Waals surface area contributed by atoms with E-state index in [2.05, 4.69) is 193 Å². The molecule has 0 aliphatic heterocycles. The molecule has 0 spiro atoms. The third-order valence-corrected chi connectivity index (χ3v) is 12.5. The van der Waals surface area contributed by atoms with Crippen molar-refractivity contribution in [3.63, 3.8) is 0 Å². The van der Waals surface area contributed by atoms with Crippen molar-refractivity contribution in [1.82, 2.24) is 0 Å². The van der Waals surface area contributed by atoms with Crippen molar-refractivity contribution < 1.29 is 8.83 Å². The van der Waals surface area contributed by atoms with Crippen molar-refractivity contribution in [2.45, 2.75) is 0 Å². The molecule has 0 aliphatic rings. The molecule has 0 bridgehead atoms. The number of fused-ring (bicyclic) bond motifs is 7. The molecule has 0 saturated carbocycles. The SMILES string of the molecule is c1ccc(-c2cccc3c2oc2c(-c4ccc(-c5c6ccccc6c(-c6cccc7oc(-c8ccc9sccc9c8)cc67)c6ccccc56)cc4)cccc23)cc1. The van der Waals surface area contributed by atoms with E-state index in [-0.39, 0.29) is 0 Å². The van der Waals surface area contributed by atoms with Crippen LogP contribution in [0.5, 0.6) is 0 Å². The highest BCUT2D eigenvalue weighted by Gasteiger charge is 2.21. The Morgan fingerprint density at radius 3 is 1.56 bits per heavy atom. The standard InChI is InChI=1S/C54H32O2S/c1-2-11-33(12-3-1)38-17-8-20-45-46-21-9-18-39(54(46)56-53(38)45)34-23-25-35(26-24-34)51-40-13-4-6-15-42(40)52(43-16-7-5-14-41(43)51)44-19-10-22-48-47(44)32-49(55-48)36-27-28-50-37(31-36)29-30-57-50/h1-32H. The van der Waals surface area contributed by atoms with Crippen LogP contribution >= 0.6 is 11.3 Å². The molecule has 0 atom stereocenters. The van der Waals surface area contributed by atoms with E-state index in [9.17, 15) is 0 Å². The lowest BCUT2D eigenvalue weighted by molar-refractivity contribution is 0.632. The molecule has 57 heavy (non-hydrogen) atoms. The molecule has 2 nitrogen and oxygen atoms in total. The smallest absolute Gasteiger partial charge is 0.143 e. The van der Waals surface area contributed by atoms with Gasteiger partial charge in [-0.2, -0.15) is 0 Å². The predicted octanol–water partition coefficient (Wildman–Crippen LogP) is 16.2. The largest absolute Gasteiger partial charge is 0.456 e. The van der Waals surface area contributed by atoms with Crippen LogP contribution in [0, 0.1) is 0 Å². The first-order valence-electron chi connectivity index (χ1n) is 19.3. The Morgan fingerprint density at radius 1 is 0.333 bits per heavy atom. The maximum atomic E-state index is 6.77. The lowest BCUT2D eigenvalue weighted by atomic mass is 9.85. The van der Waals surface area contributed by atoms with Gasteiger partial charge >= 0.3 is 0 Å². The molecule has 9 aromatic carbocycles. The molecule has 3 heteroatoms. The monoisotopic (exact) mass is 744 g/mol. The van der Waals surface area contributed by atoms with Crippen LogP contribution in [-0.2, 0) is 0 Å². The van der Waals surface area contributed by atoms with Gasteiger partial charge in [-0.05, 0) is 102 Å². The summed E-state index contributed by atoms with van der Waals surface area (Å²) >= 11 is 1.76. The molecule has 12 aromatic rings. The molecule has 3 heterocycles. The van der Waals surface area contributed by atoms with Crippen molar-refractivity contribution in [1.29, 1.82) is 0 Å². The molecule has 0 saturated heterocycles. The van der Waals surface area contributed by atoms with Gasteiger partial charge in [0.15, 0.2) is 0 Å². The van der Waals surface area contributed by atoms with Crippen LogP contribution in [0.1, 0.15) is 0 Å². The average molecular weight is 745 g/mol. The minimum Gasteiger partial charge on any atom is -0.456 e. The fraction of sp³-hybridized carbons (Fsp3) is 0. The summed E-state index contributed by atoms with van der Waals surface area (Å²) in [6, 6.07) is 67.6. The van der Waals surface area contributed by atoms with E-state index in [1.807, 2.05) is 0 Å². The predicted molar refractivity (Wildman–Crippen MR) is 241 cm³/mol. The summed E-state index contributed by atoms with van der Waals surface area (Å²) in [5.41, 5.74) is 13.1. The first-order valence-corrected chi connectivity index (χ1v) is 20.2. The summed E-state index contributed by atoms with van der Waals surface area (Å²) < 4.78 is 14.6. The van der Waals surface area contributed by atoms with Gasteiger partial charge in [0.1, 0.15) is 22.5 Å². The van der Waals surface area contributed by atoms with Crippen LogP contribution in [0.15, 0.2) is 202 Å². The molecule has 0 N–H and O–H groups in total. The van der Waals surface area contributed by atoms with E-state index in [0.717, 1.165) is 66.5 Å². The molecule has 3 aromatic heterocycles. The Balaban J connectivity index is 1.01. The Morgan fingerprint density at radius 2 is 0.877 bits per heavy atom. The quantitative estimate of drug-likeness (QED) is 0.164. The molecule has 0 fully saturated rings. The maximum Gasteiger partial charge on any atom is 0.143 e. The van der Waals surface area contributed by atoms with Crippen LogP contribution in [-0.4, -0.2) is 0 Å². The molecule has 0 amide bonds. The molecule has 0 radical (unpaired) electrons. The van der Waals surface area contributed by atoms with E-state index in [4.69, 9.17) is 8.83 Å². The summed E-state index contributed by atoms with van der Waals surface area (Å²) in [6.07, 6.45) is 0. The van der Waals surface area contributed by atoms with Crippen LogP contribution in [0.25, 0.3) is 120 Å². The zero-order valence-electron chi connectivity index (χ0n) is 30.7. The lowest BCUT2D eigenvalue weighted by Gasteiger charge is -2.18. The van der Waals surface area contributed by atoms with Crippen LogP contribution in [0.3, 0.4) is 0 Å². The van der Waals surface area contributed by atoms with Gasteiger partial charge in [0.2, 0.25) is 0 Å². The molecule has 12 rings (SSSR count). The Labute approximate surface area is 332 Å². The topological polar surface area (TPSA) is 26.3 Å². The number of rotatable bonds is 5. The zero-order chi connectivity index (χ0) is 37.5. The minimum atomic E-state index is 0.880.